The summed E-state index contributed by atoms with van der Waals surface area (Å²) in [5.41, 5.74) is -0.334. The Kier molecular flexibility index (Phi) is 5.32. The maximum atomic E-state index is 12.1. The third-order valence-corrected chi connectivity index (χ3v) is 5.13. The highest BCUT2D eigenvalue weighted by atomic mass is 35.5. The molecule has 3 nitrogen and oxygen atoms in total. The highest BCUT2D eigenvalue weighted by molar-refractivity contribution is 7.89. The van der Waals surface area contributed by atoms with Crippen LogP contribution in [0.4, 0.5) is 0 Å². The standard InChI is InChI=1S/C11H14Cl3NO2S/c1-11(2,6-12)7-15-18(16,17)10-5-8(13)3-4-9(10)14/h3-5,15H,6-7H2,1-2H3. The molecule has 0 bridgehead atoms. The Labute approximate surface area is 122 Å². The summed E-state index contributed by atoms with van der Waals surface area (Å²) in [6.07, 6.45) is 0. The first-order chi connectivity index (χ1) is 8.18. The molecule has 1 aromatic carbocycles. The Bertz CT molecular complexity index is 529. The SMILES string of the molecule is CC(C)(CCl)CNS(=O)(=O)c1cc(Cl)ccc1Cl. The lowest BCUT2D eigenvalue weighted by molar-refractivity contribution is 0.414. The molecule has 0 spiro atoms. The van der Waals surface area contributed by atoms with Crippen molar-refractivity contribution in [1.29, 1.82) is 0 Å². The van der Waals surface area contributed by atoms with Gasteiger partial charge in [0.2, 0.25) is 10.0 Å². The summed E-state index contributed by atoms with van der Waals surface area (Å²) in [5.74, 6) is 0.346. The number of benzene rings is 1. The topological polar surface area (TPSA) is 46.2 Å². The normalized spacial score (nSPS) is 12.7. The van der Waals surface area contributed by atoms with Gasteiger partial charge in [-0.1, -0.05) is 37.0 Å². The van der Waals surface area contributed by atoms with Crippen LogP contribution in [0, 0.1) is 5.41 Å². The van der Waals surface area contributed by atoms with Crippen molar-refractivity contribution in [2.24, 2.45) is 5.41 Å². The van der Waals surface area contributed by atoms with Gasteiger partial charge in [0.25, 0.3) is 0 Å². The van der Waals surface area contributed by atoms with Crippen LogP contribution in [-0.4, -0.2) is 20.8 Å². The zero-order valence-corrected chi connectivity index (χ0v) is 13.1. The van der Waals surface area contributed by atoms with Crippen LogP contribution in [0.1, 0.15) is 13.8 Å². The van der Waals surface area contributed by atoms with E-state index in [0.717, 1.165) is 0 Å². The molecule has 0 aromatic heterocycles. The Hall–Kier alpha value is -0.000000000000000111. The van der Waals surface area contributed by atoms with E-state index in [1.54, 1.807) is 0 Å². The van der Waals surface area contributed by atoms with Crippen LogP contribution < -0.4 is 4.72 Å². The van der Waals surface area contributed by atoms with Gasteiger partial charge in [-0.05, 0) is 23.6 Å². The highest BCUT2D eigenvalue weighted by Gasteiger charge is 2.23. The number of hydrogen-bond donors (Lipinski definition) is 1. The van der Waals surface area contributed by atoms with Crippen LogP contribution in [0.5, 0.6) is 0 Å². The van der Waals surface area contributed by atoms with Crippen molar-refractivity contribution >= 4 is 44.8 Å². The van der Waals surface area contributed by atoms with Gasteiger partial charge in [0.1, 0.15) is 4.90 Å². The van der Waals surface area contributed by atoms with Crippen molar-refractivity contribution in [3.63, 3.8) is 0 Å². The van der Waals surface area contributed by atoms with Crippen LogP contribution in [0.15, 0.2) is 23.1 Å². The van der Waals surface area contributed by atoms with Crippen LogP contribution in [0.3, 0.4) is 0 Å². The van der Waals surface area contributed by atoms with Crippen LogP contribution >= 0.6 is 34.8 Å². The molecule has 7 heteroatoms. The fourth-order valence-corrected chi connectivity index (χ4v) is 3.20. The largest absolute Gasteiger partial charge is 0.242 e. The summed E-state index contributed by atoms with van der Waals surface area (Å²) in [5, 5.41) is 0.451. The van der Waals surface area contributed by atoms with Crippen molar-refractivity contribution in [2.45, 2.75) is 18.7 Å². The summed E-state index contributed by atoms with van der Waals surface area (Å²) < 4.78 is 26.6. The lowest BCUT2D eigenvalue weighted by Gasteiger charge is -2.21. The molecule has 1 rings (SSSR count). The summed E-state index contributed by atoms with van der Waals surface area (Å²) in [4.78, 5) is -0.0259. The molecule has 0 saturated heterocycles. The molecule has 1 N–H and O–H groups in total. The zero-order valence-electron chi connectivity index (χ0n) is 10.0. The first kappa shape index (κ1) is 16.1. The van der Waals surface area contributed by atoms with Crippen molar-refractivity contribution in [3.05, 3.63) is 28.2 Å². The molecular formula is C11H14Cl3NO2S. The Morgan fingerprint density at radius 1 is 1.28 bits per heavy atom. The molecule has 0 unspecified atom stereocenters. The molecule has 0 radical (unpaired) electrons. The molecule has 0 amide bonds. The van der Waals surface area contributed by atoms with E-state index < -0.39 is 10.0 Å². The van der Waals surface area contributed by atoms with E-state index in [1.807, 2.05) is 13.8 Å². The molecule has 0 aliphatic rings. The molecule has 0 saturated carbocycles. The summed E-state index contributed by atoms with van der Waals surface area (Å²) >= 11 is 17.4. The molecule has 0 atom stereocenters. The van der Waals surface area contributed by atoms with Crippen molar-refractivity contribution < 1.29 is 8.42 Å². The third kappa shape index (κ3) is 4.28. The van der Waals surface area contributed by atoms with E-state index in [0.29, 0.717) is 10.9 Å². The molecule has 18 heavy (non-hydrogen) atoms. The second kappa shape index (κ2) is 5.97. The van der Waals surface area contributed by atoms with Gasteiger partial charge in [-0.15, -0.1) is 11.6 Å². The van der Waals surface area contributed by atoms with Crippen molar-refractivity contribution in [3.8, 4) is 0 Å². The minimum atomic E-state index is -3.68. The predicted molar refractivity (Wildman–Crippen MR) is 76.2 cm³/mol. The monoisotopic (exact) mass is 329 g/mol. The fraction of sp³-hybridized carbons (Fsp3) is 0.455. The average Bonchev–Trinajstić information content (AvgIpc) is 2.30. The molecular weight excluding hydrogens is 317 g/mol. The smallest absolute Gasteiger partial charge is 0.211 e. The molecule has 1 aromatic rings. The van der Waals surface area contributed by atoms with E-state index in [4.69, 9.17) is 34.8 Å². The summed E-state index contributed by atoms with van der Waals surface area (Å²) in [6, 6.07) is 4.30. The van der Waals surface area contributed by atoms with E-state index in [2.05, 4.69) is 4.72 Å². The van der Waals surface area contributed by atoms with E-state index >= 15 is 0 Å². The van der Waals surface area contributed by atoms with Crippen molar-refractivity contribution in [1.82, 2.24) is 4.72 Å². The maximum Gasteiger partial charge on any atom is 0.242 e. The van der Waals surface area contributed by atoms with Crippen LogP contribution in [-0.2, 0) is 10.0 Å². The Morgan fingerprint density at radius 3 is 2.44 bits per heavy atom. The Balaban J connectivity index is 2.97. The van der Waals surface area contributed by atoms with Gasteiger partial charge in [0, 0.05) is 17.4 Å². The van der Waals surface area contributed by atoms with E-state index in [1.165, 1.54) is 18.2 Å². The molecule has 0 aliphatic carbocycles. The van der Waals surface area contributed by atoms with Gasteiger partial charge in [0.15, 0.2) is 0 Å². The third-order valence-electron chi connectivity index (χ3n) is 2.29. The number of nitrogens with one attached hydrogen (secondary N) is 1. The number of sulfonamides is 1. The van der Waals surface area contributed by atoms with Gasteiger partial charge in [0.05, 0.1) is 5.02 Å². The molecule has 0 aliphatic heterocycles. The zero-order chi connectivity index (χ0) is 14.0. The minimum absolute atomic E-state index is 0.0259. The van der Waals surface area contributed by atoms with Gasteiger partial charge in [-0.3, -0.25) is 0 Å². The van der Waals surface area contributed by atoms with Gasteiger partial charge < -0.3 is 0 Å². The molecule has 0 heterocycles. The average molecular weight is 331 g/mol. The van der Waals surface area contributed by atoms with Gasteiger partial charge in [-0.2, -0.15) is 0 Å². The molecule has 0 fully saturated rings. The maximum absolute atomic E-state index is 12.1. The lowest BCUT2D eigenvalue weighted by Crippen LogP contribution is -2.35. The number of halogens is 3. The first-order valence-electron chi connectivity index (χ1n) is 5.19. The lowest BCUT2D eigenvalue weighted by atomic mass is 9.97. The van der Waals surface area contributed by atoms with Gasteiger partial charge in [-0.25, -0.2) is 13.1 Å². The quantitative estimate of drug-likeness (QED) is 0.839. The summed E-state index contributed by atoms with van der Waals surface area (Å²) in [6.45, 7) is 3.95. The fourth-order valence-electron chi connectivity index (χ4n) is 1.10. The van der Waals surface area contributed by atoms with Crippen LogP contribution in [0.25, 0.3) is 0 Å². The second-order valence-corrected chi connectivity index (χ2v) is 7.54. The minimum Gasteiger partial charge on any atom is -0.211 e. The number of alkyl halides is 1. The first-order valence-corrected chi connectivity index (χ1v) is 7.96. The number of hydrogen-bond acceptors (Lipinski definition) is 2. The second-order valence-electron chi connectivity index (χ2n) is 4.70. The van der Waals surface area contributed by atoms with E-state index in [9.17, 15) is 8.42 Å². The molecule has 102 valence electrons. The summed E-state index contributed by atoms with van der Waals surface area (Å²) in [7, 11) is -3.68. The van der Waals surface area contributed by atoms with Gasteiger partial charge >= 0.3 is 0 Å². The van der Waals surface area contributed by atoms with E-state index in [-0.39, 0.29) is 21.9 Å². The van der Waals surface area contributed by atoms with Crippen LogP contribution in [0.2, 0.25) is 10.0 Å². The number of rotatable bonds is 5. The highest BCUT2D eigenvalue weighted by Crippen LogP contribution is 2.25. The van der Waals surface area contributed by atoms with Crippen molar-refractivity contribution in [2.75, 3.05) is 12.4 Å². The predicted octanol–water partition coefficient (Wildman–Crippen LogP) is 3.54. The Morgan fingerprint density at radius 2 is 1.89 bits per heavy atom.